The van der Waals surface area contributed by atoms with Crippen molar-refractivity contribution < 1.29 is 4.79 Å². The van der Waals surface area contributed by atoms with E-state index in [4.69, 9.17) is 0 Å². The van der Waals surface area contributed by atoms with E-state index in [1.165, 1.54) is 11.8 Å². The Labute approximate surface area is 144 Å². The van der Waals surface area contributed by atoms with E-state index in [1.54, 1.807) is 10.6 Å². The summed E-state index contributed by atoms with van der Waals surface area (Å²) >= 11 is 1.42. The van der Waals surface area contributed by atoms with Gasteiger partial charge >= 0.3 is 0 Å². The fourth-order valence-electron chi connectivity index (χ4n) is 2.88. The summed E-state index contributed by atoms with van der Waals surface area (Å²) in [5.74, 6) is 0.838. The van der Waals surface area contributed by atoms with Gasteiger partial charge in [-0.1, -0.05) is 47.7 Å². The van der Waals surface area contributed by atoms with Crippen LogP contribution in [0.3, 0.4) is 0 Å². The zero-order chi connectivity index (χ0) is 17.3. The van der Waals surface area contributed by atoms with E-state index < -0.39 is 0 Å². The average molecular weight is 341 g/mol. The predicted octanol–water partition coefficient (Wildman–Crippen LogP) is 2.84. The van der Waals surface area contributed by atoms with Crippen LogP contribution in [0.15, 0.2) is 46.9 Å². The van der Waals surface area contributed by atoms with E-state index >= 15 is 0 Å². The summed E-state index contributed by atoms with van der Waals surface area (Å²) in [6.45, 7) is 5.69. The smallest absolute Gasteiger partial charge is 0.279 e. The van der Waals surface area contributed by atoms with Crippen LogP contribution < -0.4 is 10.9 Å². The Morgan fingerprint density at radius 1 is 1.38 bits per heavy atom. The van der Waals surface area contributed by atoms with Crippen molar-refractivity contribution in [2.75, 3.05) is 11.1 Å². The first-order chi connectivity index (χ1) is 11.5. The standard InChI is InChI=1S/C18H19N3O2S/c1-4-9-24-18-20-17(23)15-13(12-7-5-11(2)6-8-12)10-14(22)19-16(15)21(18)3/h4-8,13H,1,9-10H2,2-3H3,(H,19,22)/t13-/m1/s1. The highest BCUT2D eigenvalue weighted by Gasteiger charge is 2.31. The second-order valence-electron chi connectivity index (χ2n) is 5.84. The molecule has 2 aromatic rings. The van der Waals surface area contributed by atoms with Crippen LogP contribution in [0.4, 0.5) is 5.82 Å². The van der Waals surface area contributed by atoms with Crippen molar-refractivity contribution in [1.29, 1.82) is 0 Å². The average Bonchev–Trinajstić information content (AvgIpc) is 2.56. The molecule has 0 fully saturated rings. The number of amides is 1. The molecule has 1 aromatic heterocycles. The minimum Gasteiger partial charge on any atom is -0.312 e. The number of aryl methyl sites for hydroxylation is 1. The van der Waals surface area contributed by atoms with E-state index in [-0.39, 0.29) is 23.8 Å². The molecule has 0 aliphatic carbocycles. The van der Waals surface area contributed by atoms with Gasteiger partial charge in [-0.15, -0.1) is 6.58 Å². The van der Waals surface area contributed by atoms with Crippen LogP contribution in [0.2, 0.25) is 0 Å². The third-order valence-corrected chi connectivity index (χ3v) is 5.14. The second-order valence-corrected chi connectivity index (χ2v) is 6.82. The summed E-state index contributed by atoms with van der Waals surface area (Å²) in [4.78, 5) is 29.1. The number of carbonyl (C=O) groups is 1. The number of nitrogens with zero attached hydrogens (tertiary/aromatic N) is 2. The fourth-order valence-corrected chi connectivity index (χ4v) is 3.58. The number of aromatic nitrogens is 2. The molecule has 0 radical (unpaired) electrons. The predicted molar refractivity (Wildman–Crippen MR) is 96.7 cm³/mol. The minimum atomic E-state index is -0.278. The number of thioether (sulfide) groups is 1. The van der Waals surface area contributed by atoms with E-state index in [2.05, 4.69) is 16.9 Å². The molecule has 0 saturated heterocycles. The number of carbonyl (C=O) groups excluding carboxylic acids is 1. The van der Waals surface area contributed by atoms with Crippen LogP contribution in [0.1, 0.15) is 29.0 Å². The van der Waals surface area contributed by atoms with Crippen molar-refractivity contribution in [1.82, 2.24) is 9.55 Å². The van der Waals surface area contributed by atoms with Crippen LogP contribution in [0.25, 0.3) is 0 Å². The Morgan fingerprint density at radius 2 is 2.08 bits per heavy atom. The summed E-state index contributed by atoms with van der Waals surface area (Å²) in [5.41, 5.74) is 2.38. The van der Waals surface area contributed by atoms with E-state index in [1.807, 2.05) is 38.2 Å². The molecule has 1 aliphatic heterocycles. The van der Waals surface area contributed by atoms with Crippen molar-refractivity contribution in [3.63, 3.8) is 0 Å². The molecular formula is C18H19N3O2S. The van der Waals surface area contributed by atoms with Crippen molar-refractivity contribution in [2.24, 2.45) is 7.05 Å². The second kappa shape index (κ2) is 6.65. The lowest BCUT2D eigenvalue weighted by Crippen LogP contribution is -2.33. The Balaban J connectivity index is 2.14. The van der Waals surface area contributed by atoms with Gasteiger partial charge in [0.1, 0.15) is 5.82 Å². The number of fused-ring (bicyclic) bond motifs is 1. The van der Waals surface area contributed by atoms with Crippen molar-refractivity contribution in [3.05, 3.63) is 64.0 Å². The highest BCUT2D eigenvalue weighted by atomic mass is 32.2. The molecule has 0 unspecified atom stereocenters. The maximum absolute atomic E-state index is 12.6. The Hall–Kier alpha value is -2.34. The Kier molecular flexibility index (Phi) is 4.57. The van der Waals surface area contributed by atoms with Crippen LogP contribution in [0.5, 0.6) is 0 Å². The van der Waals surface area contributed by atoms with Gasteiger partial charge in [0, 0.05) is 25.1 Å². The first-order valence-electron chi connectivity index (χ1n) is 7.72. The molecule has 1 amide bonds. The maximum atomic E-state index is 12.6. The number of benzene rings is 1. The molecule has 6 heteroatoms. The molecule has 0 bridgehead atoms. The molecule has 1 aromatic carbocycles. The molecule has 1 atom stereocenters. The molecule has 24 heavy (non-hydrogen) atoms. The quantitative estimate of drug-likeness (QED) is 0.528. The normalized spacial score (nSPS) is 16.4. The molecular weight excluding hydrogens is 322 g/mol. The molecule has 124 valence electrons. The lowest BCUT2D eigenvalue weighted by molar-refractivity contribution is -0.116. The highest BCUT2D eigenvalue weighted by molar-refractivity contribution is 7.99. The van der Waals surface area contributed by atoms with E-state index in [0.29, 0.717) is 22.3 Å². The highest BCUT2D eigenvalue weighted by Crippen LogP contribution is 2.35. The topological polar surface area (TPSA) is 64.0 Å². The van der Waals surface area contributed by atoms with E-state index in [9.17, 15) is 9.59 Å². The van der Waals surface area contributed by atoms with Gasteiger partial charge in [0.2, 0.25) is 5.91 Å². The Bertz CT molecular complexity index is 856. The van der Waals surface area contributed by atoms with Gasteiger partial charge < -0.3 is 9.88 Å². The number of anilines is 1. The van der Waals surface area contributed by atoms with Crippen molar-refractivity contribution >= 4 is 23.5 Å². The summed E-state index contributed by atoms with van der Waals surface area (Å²) < 4.78 is 1.78. The maximum Gasteiger partial charge on any atom is 0.279 e. The van der Waals surface area contributed by atoms with Gasteiger partial charge in [-0.05, 0) is 12.5 Å². The number of rotatable bonds is 4. The zero-order valence-corrected chi connectivity index (χ0v) is 14.5. The van der Waals surface area contributed by atoms with Gasteiger partial charge in [0.25, 0.3) is 5.56 Å². The first kappa shape index (κ1) is 16.5. The van der Waals surface area contributed by atoms with Gasteiger partial charge in [-0.2, -0.15) is 4.98 Å². The van der Waals surface area contributed by atoms with Crippen LogP contribution >= 0.6 is 11.8 Å². The van der Waals surface area contributed by atoms with Crippen molar-refractivity contribution in [3.8, 4) is 0 Å². The molecule has 0 spiro atoms. The molecule has 2 heterocycles. The first-order valence-corrected chi connectivity index (χ1v) is 8.71. The van der Waals surface area contributed by atoms with Crippen LogP contribution in [-0.2, 0) is 11.8 Å². The molecule has 1 aliphatic rings. The van der Waals surface area contributed by atoms with Crippen LogP contribution in [0, 0.1) is 6.92 Å². The zero-order valence-electron chi connectivity index (χ0n) is 13.7. The van der Waals surface area contributed by atoms with Gasteiger partial charge in [-0.25, -0.2) is 0 Å². The number of hydrogen-bond acceptors (Lipinski definition) is 4. The summed E-state index contributed by atoms with van der Waals surface area (Å²) in [5, 5.41) is 3.41. The monoisotopic (exact) mass is 341 g/mol. The summed E-state index contributed by atoms with van der Waals surface area (Å²) in [6.07, 6.45) is 2.01. The lowest BCUT2D eigenvalue weighted by atomic mass is 9.86. The number of nitrogens with one attached hydrogen (secondary N) is 1. The molecule has 0 saturated carbocycles. The molecule has 1 N–H and O–H groups in total. The third kappa shape index (κ3) is 3.01. The largest absolute Gasteiger partial charge is 0.312 e. The SMILES string of the molecule is C=CCSc1nc(=O)c2c(n1C)NC(=O)C[C@@H]2c1ccc(C)cc1. The van der Waals surface area contributed by atoms with Crippen LogP contribution in [-0.4, -0.2) is 21.2 Å². The summed E-state index contributed by atoms with van der Waals surface area (Å²) in [6, 6.07) is 7.94. The lowest BCUT2D eigenvalue weighted by Gasteiger charge is -2.27. The third-order valence-electron chi connectivity index (χ3n) is 4.11. The van der Waals surface area contributed by atoms with Gasteiger partial charge in [0.15, 0.2) is 5.16 Å². The van der Waals surface area contributed by atoms with Gasteiger partial charge in [0.05, 0.1) is 5.56 Å². The fraction of sp³-hybridized carbons (Fsp3) is 0.278. The van der Waals surface area contributed by atoms with Gasteiger partial charge in [-0.3, -0.25) is 9.59 Å². The Morgan fingerprint density at radius 3 is 2.75 bits per heavy atom. The molecule has 3 rings (SSSR count). The number of hydrogen-bond donors (Lipinski definition) is 1. The van der Waals surface area contributed by atoms with E-state index in [0.717, 1.165) is 11.1 Å². The van der Waals surface area contributed by atoms with Crippen molar-refractivity contribution in [2.45, 2.75) is 24.4 Å². The minimum absolute atomic E-state index is 0.0889. The molecule has 5 nitrogen and oxygen atoms in total. The summed E-state index contributed by atoms with van der Waals surface area (Å²) in [7, 11) is 1.81.